The smallest absolute Gasteiger partial charge is 0.0896 e. The highest BCUT2D eigenvalue weighted by Gasteiger charge is 2.25. The Hall–Kier alpha value is -0.410. The van der Waals surface area contributed by atoms with Gasteiger partial charge >= 0.3 is 0 Å². The van der Waals surface area contributed by atoms with Crippen LogP contribution in [0, 0.1) is 24.2 Å². The summed E-state index contributed by atoms with van der Waals surface area (Å²) in [6, 6.07) is 0. The zero-order chi connectivity index (χ0) is 13.8. The maximum atomic E-state index is 4.36. The van der Waals surface area contributed by atoms with Crippen LogP contribution >= 0.6 is 11.3 Å². The highest BCUT2D eigenvalue weighted by Crippen LogP contribution is 2.30. The molecule has 0 fully saturated rings. The molecule has 0 saturated heterocycles. The number of aromatic nitrogens is 1. The molecule has 0 aliphatic carbocycles. The van der Waals surface area contributed by atoms with Crippen molar-refractivity contribution in [2.45, 2.75) is 48.0 Å². The van der Waals surface area contributed by atoms with E-state index in [4.69, 9.17) is 0 Å². The number of hydrogen-bond acceptors (Lipinski definition) is 3. The van der Waals surface area contributed by atoms with Gasteiger partial charge in [0.1, 0.15) is 0 Å². The Labute approximate surface area is 116 Å². The van der Waals surface area contributed by atoms with Gasteiger partial charge in [0.25, 0.3) is 0 Å². The molecule has 0 amide bonds. The molecule has 1 heterocycles. The summed E-state index contributed by atoms with van der Waals surface area (Å²) in [5, 5.41) is 4.78. The molecule has 104 valence electrons. The molecule has 2 nitrogen and oxygen atoms in total. The SMILES string of the molecule is Cc1ncc(CC(CNCC(C)C)C(C)(C)C)s1. The molecule has 0 aromatic carbocycles. The van der Waals surface area contributed by atoms with Crippen molar-refractivity contribution in [3.8, 4) is 0 Å². The lowest BCUT2D eigenvalue weighted by molar-refractivity contribution is 0.229. The van der Waals surface area contributed by atoms with Crippen molar-refractivity contribution in [1.82, 2.24) is 10.3 Å². The number of nitrogens with zero attached hydrogens (tertiary/aromatic N) is 1. The number of thiazole rings is 1. The molecule has 1 rings (SSSR count). The molecule has 0 bridgehead atoms. The van der Waals surface area contributed by atoms with E-state index < -0.39 is 0 Å². The standard InChI is InChI=1S/C15H28N2S/c1-11(2)8-16-9-13(15(4,5)6)7-14-10-17-12(3)18-14/h10-11,13,16H,7-9H2,1-6H3. The average Bonchev–Trinajstić information content (AvgIpc) is 2.60. The van der Waals surface area contributed by atoms with Crippen molar-refractivity contribution >= 4 is 11.3 Å². The van der Waals surface area contributed by atoms with E-state index in [2.05, 4.69) is 51.8 Å². The van der Waals surface area contributed by atoms with Crippen molar-refractivity contribution in [3.05, 3.63) is 16.1 Å². The second-order valence-corrected chi connectivity index (χ2v) is 7.98. The normalized spacial score (nSPS) is 14.2. The maximum absolute atomic E-state index is 4.36. The number of aryl methyl sites for hydroxylation is 1. The zero-order valence-electron chi connectivity index (χ0n) is 12.7. The van der Waals surface area contributed by atoms with Gasteiger partial charge in [-0.3, -0.25) is 0 Å². The van der Waals surface area contributed by atoms with Gasteiger partial charge in [-0.1, -0.05) is 34.6 Å². The van der Waals surface area contributed by atoms with E-state index >= 15 is 0 Å². The summed E-state index contributed by atoms with van der Waals surface area (Å²) in [5.41, 5.74) is 0.335. The molecule has 3 heteroatoms. The number of rotatable bonds is 6. The average molecular weight is 268 g/mol. The van der Waals surface area contributed by atoms with E-state index in [9.17, 15) is 0 Å². The highest BCUT2D eigenvalue weighted by atomic mass is 32.1. The van der Waals surface area contributed by atoms with Crippen molar-refractivity contribution in [2.24, 2.45) is 17.3 Å². The van der Waals surface area contributed by atoms with Gasteiger partial charge < -0.3 is 5.32 Å². The predicted octanol–water partition coefficient (Wildman–Crippen LogP) is 3.90. The monoisotopic (exact) mass is 268 g/mol. The van der Waals surface area contributed by atoms with Crippen LogP contribution < -0.4 is 5.32 Å². The van der Waals surface area contributed by atoms with Gasteiger partial charge in [-0.05, 0) is 43.7 Å². The van der Waals surface area contributed by atoms with E-state index in [1.54, 1.807) is 0 Å². The van der Waals surface area contributed by atoms with E-state index in [-0.39, 0.29) is 0 Å². The van der Waals surface area contributed by atoms with Crippen LogP contribution in [0.4, 0.5) is 0 Å². The largest absolute Gasteiger partial charge is 0.316 e. The minimum Gasteiger partial charge on any atom is -0.316 e. The maximum Gasteiger partial charge on any atom is 0.0896 e. The Morgan fingerprint density at radius 3 is 2.39 bits per heavy atom. The quantitative estimate of drug-likeness (QED) is 0.846. The van der Waals surface area contributed by atoms with Gasteiger partial charge in [-0.2, -0.15) is 0 Å². The summed E-state index contributed by atoms with van der Waals surface area (Å²) in [7, 11) is 0. The molecule has 0 aliphatic heterocycles. The van der Waals surface area contributed by atoms with Crippen LogP contribution in [0.2, 0.25) is 0 Å². The second kappa shape index (κ2) is 6.67. The molecule has 1 aromatic rings. The van der Waals surface area contributed by atoms with Crippen LogP contribution in [-0.4, -0.2) is 18.1 Å². The van der Waals surface area contributed by atoms with E-state index in [1.165, 1.54) is 9.88 Å². The van der Waals surface area contributed by atoms with Crippen molar-refractivity contribution in [3.63, 3.8) is 0 Å². The summed E-state index contributed by atoms with van der Waals surface area (Å²) < 4.78 is 0. The van der Waals surface area contributed by atoms with Crippen LogP contribution in [0.25, 0.3) is 0 Å². The fraction of sp³-hybridized carbons (Fsp3) is 0.800. The van der Waals surface area contributed by atoms with Crippen molar-refractivity contribution in [2.75, 3.05) is 13.1 Å². The Morgan fingerprint density at radius 2 is 1.94 bits per heavy atom. The Balaban J connectivity index is 2.56. The Morgan fingerprint density at radius 1 is 1.28 bits per heavy atom. The Bertz CT molecular complexity index is 350. The van der Waals surface area contributed by atoms with Gasteiger partial charge in [0.05, 0.1) is 5.01 Å². The third-order valence-corrected chi connectivity index (χ3v) is 4.22. The van der Waals surface area contributed by atoms with Crippen LogP contribution in [-0.2, 0) is 6.42 Å². The zero-order valence-corrected chi connectivity index (χ0v) is 13.5. The first-order chi connectivity index (χ1) is 8.29. The molecule has 18 heavy (non-hydrogen) atoms. The molecule has 1 atom stereocenters. The van der Waals surface area contributed by atoms with Crippen molar-refractivity contribution in [1.29, 1.82) is 0 Å². The molecular formula is C15H28N2S. The molecule has 0 saturated carbocycles. The first kappa shape index (κ1) is 15.6. The Kier molecular flexibility index (Phi) is 5.80. The summed E-state index contributed by atoms with van der Waals surface area (Å²) >= 11 is 1.83. The molecule has 0 radical (unpaired) electrons. The topological polar surface area (TPSA) is 24.9 Å². The molecule has 1 N–H and O–H groups in total. The molecule has 1 unspecified atom stereocenters. The minimum absolute atomic E-state index is 0.335. The molecular weight excluding hydrogens is 240 g/mol. The van der Waals surface area contributed by atoms with Crippen LogP contribution in [0.3, 0.4) is 0 Å². The summed E-state index contributed by atoms with van der Waals surface area (Å²) in [4.78, 5) is 5.77. The van der Waals surface area contributed by atoms with Crippen LogP contribution in [0.5, 0.6) is 0 Å². The lowest BCUT2D eigenvalue weighted by Gasteiger charge is -2.31. The fourth-order valence-electron chi connectivity index (χ4n) is 1.97. The lowest BCUT2D eigenvalue weighted by Crippen LogP contribution is -2.34. The number of nitrogens with one attached hydrogen (secondary N) is 1. The molecule has 0 spiro atoms. The first-order valence-electron chi connectivity index (χ1n) is 6.91. The fourth-order valence-corrected chi connectivity index (χ4v) is 2.85. The predicted molar refractivity (Wildman–Crippen MR) is 81.2 cm³/mol. The third-order valence-electron chi connectivity index (χ3n) is 3.28. The lowest BCUT2D eigenvalue weighted by atomic mass is 9.78. The summed E-state index contributed by atoms with van der Waals surface area (Å²) in [6.07, 6.45) is 3.18. The van der Waals surface area contributed by atoms with Gasteiger partial charge in [-0.15, -0.1) is 11.3 Å². The minimum atomic E-state index is 0.335. The third kappa shape index (κ3) is 5.49. The van der Waals surface area contributed by atoms with E-state index in [0.717, 1.165) is 25.4 Å². The molecule has 0 aliphatic rings. The number of hydrogen-bond donors (Lipinski definition) is 1. The van der Waals surface area contributed by atoms with Crippen LogP contribution in [0.15, 0.2) is 6.20 Å². The first-order valence-corrected chi connectivity index (χ1v) is 7.72. The van der Waals surface area contributed by atoms with Gasteiger partial charge in [0, 0.05) is 11.1 Å². The molecule has 1 aromatic heterocycles. The summed E-state index contributed by atoms with van der Waals surface area (Å²) in [5.74, 6) is 1.38. The van der Waals surface area contributed by atoms with E-state index in [0.29, 0.717) is 11.3 Å². The van der Waals surface area contributed by atoms with Crippen molar-refractivity contribution < 1.29 is 0 Å². The van der Waals surface area contributed by atoms with E-state index in [1.807, 2.05) is 17.5 Å². The van der Waals surface area contributed by atoms with Gasteiger partial charge in [-0.25, -0.2) is 4.98 Å². The second-order valence-electron chi connectivity index (χ2n) is 6.66. The summed E-state index contributed by atoms with van der Waals surface area (Å²) in [6.45, 7) is 15.8. The van der Waals surface area contributed by atoms with Gasteiger partial charge in [0.15, 0.2) is 0 Å². The highest BCUT2D eigenvalue weighted by molar-refractivity contribution is 7.11. The van der Waals surface area contributed by atoms with Gasteiger partial charge in [0.2, 0.25) is 0 Å². The van der Waals surface area contributed by atoms with Crippen LogP contribution in [0.1, 0.15) is 44.5 Å².